The summed E-state index contributed by atoms with van der Waals surface area (Å²) in [5.74, 6) is 0. The van der Waals surface area contributed by atoms with Crippen molar-refractivity contribution < 1.29 is 0 Å². The predicted molar refractivity (Wildman–Crippen MR) is 80.2 cm³/mol. The fourth-order valence-corrected chi connectivity index (χ4v) is 3.11. The SMILES string of the molecule is NCc1cnc2ccccc2c1Sc1ccccc1. The normalized spacial score (nSPS) is 10.8. The van der Waals surface area contributed by atoms with Gasteiger partial charge in [-0.25, -0.2) is 0 Å². The van der Waals surface area contributed by atoms with Crippen molar-refractivity contribution in [3.05, 3.63) is 66.4 Å². The average molecular weight is 266 g/mol. The van der Waals surface area contributed by atoms with Crippen molar-refractivity contribution in [2.75, 3.05) is 0 Å². The van der Waals surface area contributed by atoms with Crippen LogP contribution in [0.15, 0.2) is 70.6 Å². The summed E-state index contributed by atoms with van der Waals surface area (Å²) in [6.45, 7) is 0.507. The van der Waals surface area contributed by atoms with Gasteiger partial charge >= 0.3 is 0 Å². The van der Waals surface area contributed by atoms with Crippen molar-refractivity contribution >= 4 is 22.7 Å². The zero-order valence-corrected chi connectivity index (χ0v) is 11.2. The van der Waals surface area contributed by atoms with E-state index in [-0.39, 0.29) is 0 Å². The molecule has 0 spiro atoms. The van der Waals surface area contributed by atoms with Crippen molar-refractivity contribution in [1.82, 2.24) is 4.98 Å². The molecule has 0 saturated heterocycles. The molecule has 2 aromatic carbocycles. The maximum absolute atomic E-state index is 5.84. The van der Waals surface area contributed by atoms with Crippen LogP contribution in [0.2, 0.25) is 0 Å². The lowest BCUT2D eigenvalue weighted by molar-refractivity contribution is 1.02. The van der Waals surface area contributed by atoms with Gasteiger partial charge < -0.3 is 5.73 Å². The second kappa shape index (κ2) is 5.43. The van der Waals surface area contributed by atoms with E-state index < -0.39 is 0 Å². The Hall–Kier alpha value is -1.84. The largest absolute Gasteiger partial charge is 0.326 e. The van der Waals surface area contributed by atoms with Gasteiger partial charge in [0.05, 0.1) is 5.52 Å². The van der Waals surface area contributed by atoms with Crippen molar-refractivity contribution in [1.29, 1.82) is 0 Å². The Bertz CT molecular complexity index is 695. The van der Waals surface area contributed by atoms with E-state index in [1.165, 1.54) is 15.2 Å². The quantitative estimate of drug-likeness (QED) is 0.782. The first-order valence-electron chi connectivity index (χ1n) is 6.18. The number of hydrogen-bond donors (Lipinski definition) is 1. The topological polar surface area (TPSA) is 38.9 Å². The van der Waals surface area contributed by atoms with E-state index in [2.05, 4.69) is 23.2 Å². The van der Waals surface area contributed by atoms with Crippen LogP contribution in [0.1, 0.15) is 5.56 Å². The lowest BCUT2D eigenvalue weighted by atomic mass is 10.1. The smallest absolute Gasteiger partial charge is 0.0713 e. The van der Waals surface area contributed by atoms with Crippen molar-refractivity contribution in [2.24, 2.45) is 5.73 Å². The zero-order valence-electron chi connectivity index (χ0n) is 10.4. The maximum Gasteiger partial charge on any atom is 0.0713 e. The fraction of sp³-hybridized carbons (Fsp3) is 0.0625. The van der Waals surface area contributed by atoms with Crippen LogP contribution in [0.5, 0.6) is 0 Å². The van der Waals surface area contributed by atoms with Crippen molar-refractivity contribution in [3.63, 3.8) is 0 Å². The first-order valence-corrected chi connectivity index (χ1v) is 7.00. The van der Waals surface area contributed by atoms with Crippen LogP contribution in [-0.4, -0.2) is 4.98 Å². The molecule has 2 nitrogen and oxygen atoms in total. The third-order valence-electron chi connectivity index (χ3n) is 2.98. The molecule has 0 aliphatic heterocycles. The van der Waals surface area contributed by atoms with Crippen molar-refractivity contribution in [3.8, 4) is 0 Å². The number of benzene rings is 2. The lowest BCUT2D eigenvalue weighted by Crippen LogP contribution is -2.00. The summed E-state index contributed by atoms with van der Waals surface area (Å²) in [5, 5.41) is 1.17. The van der Waals surface area contributed by atoms with Crippen LogP contribution in [0.25, 0.3) is 10.9 Å². The third-order valence-corrected chi connectivity index (χ3v) is 4.18. The van der Waals surface area contributed by atoms with Gasteiger partial charge in [-0.05, 0) is 23.8 Å². The number of aromatic nitrogens is 1. The summed E-state index contributed by atoms with van der Waals surface area (Å²) in [7, 11) is 0. The Morgan fingerprint density at radius 2 is 1.68 bits per heavy atom. The summed E-state index contributed by atoms with van der Waals surface area (Å²) < 4.78 is 0. The Balaban J connectivity index is 2.15. The molecule has 0 unspecified atom stereocenters. The van der Waals surface area contributed by atoms with Crippen LogP contribution < -0.4 is 5.73 Å². The highest BCUT2D eigenvalue weighted by atomic mass is 32.2. The van der Waals surface area contributed by atoms with E-state index in [0.29, 0.717) is 6.54 Å². The molecule has 3 heteroatoms. The summed E-state index contributed by atoms with van der Waals surface area (Å²) in [6.07, 6.45) is 1.88. The molecule has 94 valence electrons. The van der Waals surface area contributed by atoms with E-state index in [4.69, 9.17) is 5.73 Å². The number of nitrogens with two attached hydrogens (primary N) is 1. The molecule has 0 bridgehead atoms. The Morgan fingerprint density at radius 3 is 2.47 bits per heavy atom. The molecule has 19 heavy (non-hydrogen) atoms. The molecule has 0 fully saturated rings. The minimum Gasteiger partial charge on any atom is -0.326 e. The fourth-order valence-electron chi connectivity index (χ4n) is 2.03. The van der Waals surface area contributed by atoms with Crippen molar-refractivity contribution in [2.45, 2.75) is 16.3 Å². The van der Waals surface area contributed by atoms with Gasteiger partial charge in [0.25, 0.3) is 0 Å². The summed E-state index contributed by atoms with van der Waals surface area (Å²) in [4.78, 5) is 6.88. The highest BCUT2D eigenvalue weighted by Crippen LogP contribution is 2.35. The molecule has 0 radical (unpaired) electrons. The molecule has 0 amide bonds. The van der Waals surface area contributed by atoms with E-state index in [1.807, 2.05) is 42.6 Å². The molecular weight excluding hydrogens is 252 g/mol. The van der Waals surface area contributed by atoms with Gasteiger partial charge in [0.1, 0.15) is 0 Å². The average Bonchev–Trinajstić information content (AvgIpc) is 2.49. The number of rotatable bonds is 3. The molecule has 2 N–H and O–H groups in total. The van der Waals surface area contributed by atoms with Gasteiger partial charge in [0, 0.05) is 27.9 Å². The highest BCUT2D eigenvalue weighted by Gasteiger charge is 2.09. The second-order valence-corrected chi connectivity index (χ2v) is 5.33. The highest BCUT2D eigenvalue weighted by molar-refractivity contribution is 7.99. The zero-order chi connectivity index (χ0) is 13.1. The monoisotopic (exact) mass is 266 g/mol. The van der Waals surface area contributed by atoms with E-state index in [9.17, 15) is 0 Å². The Labute approximate surface area is 116 Å². The van der Waals surface area contributed by atoms with E-state index in [1.54, 1.807) is 11.8 Å². The van der Waals surface area contributed by atoms with Crippen LogP contribution in [-0.2, 0) is 6.54 Å². The van der Waals surface area contributed by atoms with Gasteiger partial charge in [0.15, 0.2) is 0 Å². The maximum atomic E-state index is 5.84. The molecule has 3 rings (SSSR count). The molecule has 0 saturated carbocycles. The molecule has 0 aliphatic carbocycles. The number of hydrogen-bond acceptors (Lipinski definition) is 3. The van der Waals surface area contributed by atoms with E-state index >= 15 is 0 Å². The van der Waals surface area contributed by atoms with Gasteiger partial charge in [0.2, 0.25) is 0 Å². The standard InChI is InChI=1S/C16H14N2S/c17-10-12-11-18-15-9-5-4-8-14(15)16(12)19-13-6-2-1-3-7-13/h1-9,11H,10,17H2. The number of nitrogens with zero attached hydrogens (tertiary/aromatic N) is 1. The van der Waals surface area contributed by atoms with Gasteiger partial charge in [-0.3, -0.25) is 4.98 Å². The van der Waals surface area contributed by atoms with Gasteiger partial charge in [-0.1, -0.05) is 48.2 Å². The third kappa shape index (κ3) is 2.48. The lowest BCUT2D eigenvalue weighted by Gasteiger charge is -2.10. The van der Waals surface area contributed by atoms with Crippen LogP contribution in [0, 0.1) is 0 Å². The predicted octanol–water partition coefficient (Wildman–Crippen LogP) is 3.84. The molecule has 3 aromatic rings. The molecule has 0 atom stereocenters. The van der Waals surface area contributed by atoms with E-state index in [0.717, 1.165) is 11.1 Å². The molecule has 1 aromatic heterocycles. The summed E-state index contributed by atoms with van der Waals surface area (Å²) in [5.41, 5.74) is 7.94. The van der Waals surface area contributed by atoms with Gasteiger partial charge in [-0.2, -0.15) is 0 Å². The first-order chi connectivity index (χ1) is 9.38. The molecular formula is C16H14N2S. The first kappa shape index (κ1) is 12.2. The number of pyridine rings is 1. The van der Waals surface area contributed by atoms with Gasteiger partial charge in [-0.15, -0.1) is 0 Å². The van der Waals surface area contributed by atoms with Crippen LogP contribution >= 0.6 is 11.8 Å². The number of para-hydroxylation sites is 1. The van der Waals surface area contributed by atoms with Crippen LogP contribution in [0.3, 0.4) is 0 Å². The van der Waals surface area contributed by atoms with Crippen LogP contribution in [0.4, 0.5) is 0 Å². The second-order valence-electron chi connectivity index (χ2n) is 4.25. The molecule has 1 heterocycles. The Kier molecular flexibility index (Phi) is 3.49. The summed E-state index contributed by atoms with van der Waals surface area (Å²) >= 11 is 1.75. The minimum atomic E-state index is 0.507. The Morgan fingerprint density at radius 1 is 0.947 bits per heavy atom. The minimum absolute atomic E-state index is 0.507. The number of fused-ring (bicyclic) bond motifs is 1. The molecule has 0 aliphatic rings. The summed E-state index contributed by atoms with van der Waals surface area (Å²) in [6, 6.07) is 18.5.